The van der Waals surface area contributed by atoms with Crippen molar-refractivity contribution in [3.63, 3.8) is 0 Å². The minimum Gasteiger partial charge on any atom is -0.377 e. The fourth-order valence-electron chi connectivity index (χ4n) is 3.88. The minimum absolute atomic E-state index is 0.0451. The van der Waals surface area contributed by atoms with Crippen LogP contribution in [0.2, 0.25) is 0 Å². The van der Waals surface area contributed by atoms with Crippen LogP contribution in [0.1, 0.15) is 41.9 Å². The van der Waals surface area contributed by atoms with Gasteiger partial charge >= 0.3 is 0 Å². The van der Waals surface area contributed by atoms with Gasteiger partial charge in [0.25, 0.3) is 5.91 Å². The SMILES string of the molecule is Cc1cc(C(=O)N2CCC(C[C@H]3OCC[C@H]3C(N)=O)CC2)n(C)n1. The Morgan fingerprint density at radius 1 is 1.33 bits per heavy atom. The first kappa shape index (κ1) is 17.0. The number of aromatic nitrogens is 2. The predicted octanol–water partition coefficient (Wildman–Crippen LogP) is 0.861. The molecule has 1 aromatic heterocycles. The molecule has 7 heteroatoms. The number of carbonyl (C=O) groups is 2. The summed E-state index contributed by atoms with van der Waals surface area (Å²) in [6.45, 7) is 3.98. The summed E-state index contributed by atoms with van der Waals surface area (Å²) in [5.74, 6) is 0.120. The molecule has 0 unspecified atom stereocenters. The molecule has 3 heterocycles. The molecular formula is C17H26N4O3. The molecule has 0 bridgehead atoms. The van der Waals surface area contributed by atoms with Crippen molar-refractivity contribution in [1.29, 1.82) is 0 Å². The van der Waals surface area contributed by atoms with Gasteiger partial charge in [-0.15, -0.1) is 0 Å². The van der Waals surface area contributed by atoms with Crippen molar-refractivity contribution in [3.05, 3.63) is 17.5 Å². The van der Waals surface area contributed by atoms with Crippen LogP contribution in [0.4, 0.5) is 0 Å². The lowest BCUT2D eigenvalue weighted by atomic mass is 9.86. The van der Waals surface area contributed by atoms with Gasteiger partial charge in [0.05, 0.1) is 17.7 Å². The van der Waals surface area contributed by atoms with Crippen LogP contribution in [0.15, 0.2) is 6.07 Å². The molecule has 2 aliphatic heterocycles. The van der Waals surface area contributed by atoms with Crippen LogP contribution in [0.25, 0.3) is 0 Å². The highest BCUT2D eigenvalue weighted by molar-refractivity contribution is 5.92. The molecule has 132 valence electrons. The Bertz CT molecular complexity index is 619. The molecular weight excluding hydrogens is 308 g/mol. The topological polar surface area (TPSA) is 90.5 Å². The number of primary amides is 1. The lowest BCUT2D eigenvalue weighted by molar-refractivity contribution is -0.123. The Morgan fingerprint density at radius 3 is 2.62 bits per heavy atom. The standard InChI is InChI=1S/C17H26N4O3/c1-11-9-14(20(2)19-11)17(23)21-6-3-12(4-7-21)10-15-13(16(18)22)5-8-24-15/h9,12-13,15H,3-8,10H2,1-2H3,(H2,18,22)/t13-,15-/m1/s1. The molecule has 24 heavy (non-hydrogen) atoms. The van der Waals surface area contributed by atoms with Crippen molar-refractivity contribution in [2.24, 2.45) is 24.6 Å². The second-order valence-corrected chi connectivity index (χ2v) is 6.97. The summed E-state index contributed by atoms with van der Waals surface area (Å²) < 4.78 is 7.35. The lowest BCUT2D eigenvalue weighted by Gasteiger charge is -2.33. The van der Waals surface area contributed by atoms with E-state index >= 15 is 0 Å². The smallest absolute Gasteiger partial charge is 0.272 e. The maximum atomic E-state index is 12.6. The Kier molecular flexibility index (Phi) is 4.89. The van der Waals surface area contributed by atoms with Gasteiger partial charge in [0, 0.05) is 26.7 Å². The van der Waals surface area contributed by atoms with Crippen molar-refractivity contribution < 1.29 is 14.3 Å². The van der Waals surface area contributed by atoms with Gasteiger partial charge in [0.15, 0.2) is 0 Å². The summed E-state index contributed by atoms with van der Waals surface area (Å²) in [7, 11) is 1.80. The highest BCUT2D eigenvalue weighted by atomic mass is 16.5. The molecule has 3 rings (SSSR count). The summed E-state index contributed by atoms with van der Waals surface area (Å²) >= 11 is 0. The fourth-order valence-corrected chi connectivity index (χ4v) is 3.88. The zero-order valence-electron chi connectivity index (χ0n) is 14.4. The largest absolute Gasteiger partial charge is 0.377 e. The van der Waals surface area contributed by atoms with Gasteiger partial charge < -0.3 is 15.4 Å². The number of aryl methyl sites for hydroxylation is 2. The molecule has 2 saturated heterocycles. The summed E-state index contributed by atoms with van der Waals surface area (Å²) in [6, 6.07) is 1.83. The van der Waals surface area contributed by atoms with E-state index in [2.05, 4.69) is 5.10 Å². The maximum absolute atomic E-state index is 12.6. The van der Waals surface area contributed by atoms with E-state index in [9.17, 15) is 9.59 Å². The number of amides is 2. The third-order valence-electron chi connectivity index (χ3n) is 5.26. The molecule has 7 nitrogen and oxygen atoms in total. The molecule has 2 fully saturated rings. The molecule has 0 aromatic carbocycles. The van der Waals surface area contributed by atoms with Crippen LogP contribution in [0.5, 0.6) is 0 Å². The number of hydrogen-bond donors (Lipinski definition) is 1. The van der Waals surface area contributed by atoms with Crippen molar-refractivity contribution in [2.45, 2.75) is 38.7 Å². The zero-order valence-corrected chi connectivity index (χ0v) is 14.4. The normalized spacial score (nSPS) is 25.2. The summed E-state index contributed by atoms with van der Waals surface area (Å²) in [5, 5.41) is 4.24. The fraction of sp³-hybridized carbons (Fsp3) is 0.706. The second kappa shape index (κ2) is 6.93. The highest BCUT2D eigenvalue weighted by Crippen LogP contribution is 2.31. The monoisotopic (exact) mass is 334 g/mol. The van der Waals surface area contributed by atoms with E-state index < -0.39 is 0 Å². The average molecular weight is 334 g/mol. The van der Waals surface area contributed by atoms with Gasteiger partial charge in [-0.2, -0.15) is 5.10 Å². The van der Waals surface area contributed by atoms with E-state index in [0.717, 1.165) is 44.5 Å². The van der Waals surface area contributed by atoms with Gasteiger partial charge in [-0.05, 0) is 44.6 Å². The van der Waals surface area contributed by atoms with Crippen LogP contribution in [0, 0.1) is 18.8 Å². The number of nitrogens with zero attached hydrogens (tertiary/aromatic N) is 3. The van der Waals surface area contributed by atoms with E-state index in [1.807, 2.05) is 17.9 Å². The Hall–Kier alpha value is -1.89. The summed E-state index contributed by atoms with van der Waals surface area (Å²) in [6.07, 6.45) is 3.42. The van der Waals surface area contributed by atoms with E-state index in [-0.39, 0.29) is 23.8 Å². The molecule has 0 aliphatic carbocycles. The molecule has 2 atom stereocenters. The van der Waals surface area contributed by atoms with E-state index in [0.29, 0.717) is 18.2 Å². The van der Waals surface area contributed by atoms with Gasteiger partial charge in [-0.1, -0.05) is 0 Å². The molecule has 0 radical (unpaired) electrons. The third kappa shape index (κ3) is 3.45. The van der Waals surface area contributed by atoms with Crippen LogP contribution in [0.3, 0.4) is 0 Å². The molecule has 0 saturated carbocycles. The summed E-state index contributed by atoms with van der Waals surface area (Å²) in [4.78, 5) is 26.0. The van der Waals surface area contributed by atoms with E-state index in [4.69, 9.17) is 10.5 Å². The van der Waals surface area contributed by atoms with Crippen LogP contribution < -0.4 is 5.73 Å². The highest BCUT2D eigenvalue weighted by Gasteiger charge is 2.35. The second-order valence-electron chi connectivity index (χ2n) is 6.97. The number of likely N-dealkylation sites (tertiary alicyclic amines) is 1. The van der Waals surface area contributed by atoms with Crippen molar-refractivity contribution in [3.8, 4) is 0 Å². The molecule has 0 spiro atoms. The van der Waals surface area contributed by atoms with Crippen molar-refractivity contribution >= 4 is 11.8 Å². The van der Waals surface area contributed by atoms with E-state index in [1.165, 1.54) is 0 Å². The van der Waals surface area contributed by atoms with Gasteiger partial charge in [0.2, 0.25) is 5.91 Å². The van der Waals surface area contributed by atoms with Crippen molar-refractivity contribution in [2.75, 3.05) is 19.7 Å². The molecule has 1 aromatic rings. The lowest BCUT2D eigenvalue weighted by Crippen LogP contribution is -2.40. The van der Waals surface area contributed by atoms with Gasteiger partial charge in [-0.25, -0.2) is 0 Å². The number of nitrogens with two attached hydrogens (primary N) is 1. The number of piperidine rings is 1. The Labute approximate surface area is 142 Å². The maximum Gasteiger partial charge on any atom is 0.272 e. The average Bonchev–Trinajstić information content (AvgIpc) is 3.13. The quantitative estimate of drug-likeness (QED) is 0.884. The van der Waals surface area contributed by atoms with Crippen molar-refractivity contribution in [1.82, 2.24) is 14.7 Å². The van der Waals surface area contributed by atoms with Crippen LogP contribution in [-0.2, 0) is 16.6 Å². The molecule has 2 amide bonds. The Morgan fingerprint density at radius 2 is 2.04 bits per heavy atom. The zero-order chi connectivity index (χ0) is 17.3. The predicted molar refractivity (Wildman–Crippen MR) is 88.2 cm³/mol. The molecule has 2 aliphatic rings. The molecule has 2 N–H and O–H groups in total. The van der Waals surface area contributed by atoms with Crippen LogP contribution in [-0.4, -0.2) is 52.3 Å². The van der Waals surface area contributed by atoms with Gasteiger partial charge in [-0.3, -0.25) is 14.3 Å². The first-order chi connectivity index (χ1) is 11.5. The van der Waals surface area contributed by atoms with E-state index in [1.54, 1.807) is 11.7 Å². The first-order valence-corrected chi connectivity index (χ1v) is 8.66. The number of rotatable bonds is 4. The Balaban J connectivity index is 1.53. The third-order valence-corrected chi connectivity index (χ3v) is 5.26. The number of hydrogen-bond acceptors (Lipinski definition) is 4. The van der Waals surface area contributed by atoms with Crippen LogP contribution >= 0.6 is 0 Å². The van der Waals surface area contributed by atoms with Gasteiger partial charge in [0.1, 0.15) is 5.69 Å². The first-order valence-electron chi connectivity index (χ1n) is 8.66. The summed E-state index contributed by atoms with van der Waals surface area (Å²) in [5.41, 5.74) is 6.95. The number of ether oxygens (including phenoxy) is 1. The minimum atomic E-state index is -0.253. The number of carbonyl (C=O) groups excluding carboxylic acids is 2.